The lowest BCUT2D eigenvalue weighted by Gasteiger charge is -2.23. The van der Waals surface area contributed by atoms with Crippen molar-refractivity contribution >= 4 is 44.9 Å². The maximum Gasteiger partial charge on any atom is 0.0541 e. The lowest BCUT2D eigenvalue weighted by molar-refractivity contribution is 0.661. The lowest BCUT2D eigenvalue weighted by atomic mass is 9.80. The first-order chi connectivity index (χ1) is 32.8. The molecule has 2 heterocycles. The molecule has 11 aromatic rings. The fraction of sp³-hybridized carbons (Fsp3) is 0.108. The molecule has 0 aliphatic heterocycles. The maximum atomic E-state index is 2.51. The van der Waals surface area contributed by atoms with Crippen molar-refractivity contribution in [3.05, 3.63) is 239 Å². The zero-order chi connectivity index (χ0) is 45.0. The molecule has 2 heteroatoms. The van der Waals surface area contributed by atoms with Gasteiger partial charge in [0.05, 0.1) is 16.6 Å². The van der Waals surface area contributed by atoms with Crippen LogP contribution in [0.2, 0.25) is 0 Å². The molecular formula is C65H50N2. The Morgan fingerprint density at radius 3 is 1.57 bits per heavy atom. The van der Waals surface area contributed by atoms with Gasteiger partial charge in [0.2, 0.25) is 0 Å². The van der Waals surface area contributed by atoms with E-state index in [1.807, 2.05) is 0 Å². The number of hydrogen-bond acceptors (Lipinski definition) is 0. The molecular weight excluding hydrogens is 809 g/mol. The van der Waals surface area contributed by atoms with Crippen molar-refractivity contribution < 1.29 is 0 Å². The highest BCUT2D eigenvalue weighted by molar-refractivity contribution is 6.10. The van der Waals surface area contributed by atoms with E-state index in [4.69, 9.17) is 0 Å². The number of hydrogen-bond donors (Lipinski definition) is 0. The third-order valence-electron chi connectivity index (χ3n) is 14.9. The summed E-state index contributed by atoms with van der Waals surface area (Å²) < 4.78 is 4.84. The minimum Gasteiger partial charge on any atom is -0.310 e. The fourth-order valence-electron chi connectivity index (χ4n) is 11.6. The van der Waals surface area contributed by atoms with Gasteiger partial charge in [-0.25, -0.2) is 0 Å². The van der Waals surface area contributed by atoms with E-state index in [0.29, 0.717) is 5.92 Å². The van der Waals surface area contributed by atoms with Crippen LogP contribution in [0.3, 0.4) is 0 Å². The van der Waals surface area contributed by atoms with E-state index in [2.05, 4.69) is 249 Å². The number of benzene rings is 9. The van der Waals surface area contributed by atoms with Gasteiger partial charge in [0.25, 0.3) is 0 Å². The van der Waals surface area contributed by atoms with E-state index < -0.39 is 0 Å². The van der Waals surface area contributed by atoms with Gasteiger partial charge >= 0.3 is 0 Å². The van der Waals surface area contributed by atoms with E-state index in [9.17, 15) is 0 Å². The Labute approximate surface area is 392 Å². The largest absolute Gasteiger partial charge is 0.310 e. The summed E-state index contributed by atoms with van der Waals surface area (Å²) >= 11 is 0. The standard InChI is InChI=1S/C65H50N2/c1-41-34-42(2)36-52(35-41)67-62-17-11-9-15-56(62)58-38-48(29-33-64(58)67)44-20-24-46(25-21-44)50-27-31-54-53-30-26-49(39-59(53)65(3,4)60(54)40-50)45-22-18-43(19-23-45)47-28-32-63-57(37-47)55-14-8-10-16-61(55)66(63)51-12-6-5-7-13-51/h5-28,30-40,48H,29H2,1-4H3. The molecule has 13 rings (SSSR count). The molecule has 2 nitrogen and oxygen atoms in total. The topological polar surface area (TPSA) is 9.86 Å². The normalized spacial score (nSPS) is 14.7. The van der Waals surface area contributed by atoms with Gasteiger partial charge in [-0.15, -0.1) is 0 Å². The zero-order valence-corrected chi connectivity index (χ0v) is 38.4. The maximum absolute atomic E-state index is 2.51. The number of aryl methyl sites for hydroxylation is 2. The molecule has 0 saturated heterocycles. The fourth-order valence-corrected chi connectivity index (χ4v) is 11.6. The molecule has 0 N–H and O–H groups in total. The monoisotopic (exact) mass is 858 g/mol. The van der Waals surface area contributed by atoms with Gasteiger partial charge in [-0.1, -0.05) is 166 Å². The molecule has 2 aliphatic rings. The molecule has 0 bridgehead atoms. The van der Waals surface area contributed by atoms with Gasteiger partial charge in [0.1, 0.15) is 0 Å². The van der Waals surface area contributed by atoms with Crippen molar-refractivity contribution in [1.29, 1.82) is 0 Å². The summed E-state index contributed by atoms with van der Waals surface area (Å²) in [4.78, 5) is 0. The van der Waals surface area contributed by atoms with Crippen LogP contribution in [-0.2, 0) is 5.41 Å². The van der Waals surface area contributed by atoms with Crippen molar-refractivity contribution in [3.63, 3.8) is 0 Å². The molecule has 2 aromatic heterocycles. The Kier molecular flexibility index (Phi) is 8.86. The molecule has 0 radical (unpaired) electrons. The van der Waals surface area contributed by atoms with Crippen molar-refractivity contribution in [1.82, 2.24) is 9.13 Å². The number of nitrogens with zero attached hydrogens (tertiary/aromatic N) is 2. The third-order valence-corrected chi connectivity index (χ3v) is 14.9. The molecule has 0 spiro atoms. The highest BCUT2D eigenvalue weighted by atomic mass is 15.0. The van der Waals surface area contributed by atoms with Crippen LogP contribution in [0, 0.1) is 13.8 Å². The van der Waals surface area contributed by atoms with Crippen molar-refractivity contribution in [3.8, 4) is 55.9 Å². The average molecular weight is 859 g/mol. The van der Waals surface area contributed by atoms with E-state index in [1.54, 1.807) is 0 Å². The first kappa shape index (κ1) is 39.4. The first-order valence-electron chi connectivity index (χ1n) is 23.8. The second-order valence-electron chi connectivity index (χ2n) is 19.5. The van der Waals surface area contributed by atoms with Crippen molar-refractivity contribution in [2.75, 3.05) is 0 Å². The molecule has 0 amide bonds. The first-order valence-corrected chi connectivity index (χ1v) is 23.8. The zero-order valence-electron chi connectivity index (χ0n) is 38.4. The van der Waals surface area contributed by atoms with Gasteiger partial charge in [0, 0.05) is 49.4 Å². The Morgan fingerprint density at radius 1 is 0.418 bits per heavy atom. The van der Waals surface area contributed by atoms with Gasteiger partial charge in [-0.2, -0.15) is 0 Å². The predicted octanol–water partition coefficient (Wildman–Crippen LogP) is 15.4. The minimum atomic E-state index is -0.133. The molecule has 2 aliphatic carbocycles. The van der Waals surface area contributed by atoms with Crippen LogP contribution >= 0.6 is 0 Å². The number of para-hydroxylation sites is 3. The summed E-state index contributed by atoms with van der Waals surface area (Å²) in [6.07, 6.45) is 5.94. The highest BCUT2D eigenvalue weighted by Crippen LogP contribution is 2.51. The Hall–Kier alpha value is -7.94. The van der Waals surface area contributed by atoms with E-state index in [-0.39, 0.29) is 5.41 Å². The minimum absolute atomic E-state index is 0.133. The summed E-state index contributed by atoms with van der Waals surface area (Å²) in [6, 6.07) is 74.8. The van der Waals surface area contributed by atoms with Crippen molar-refractivity contribution in [2.24, 2.45) is 0 Å². The van der Waals surface area contributed by atoms with Gasteiger partial charge in [-0.05, 0) is 153 Å². The summed E-state index contributed by atoms with van der Waals surface area (Å²) in [5.41, 5.74) is 22.9. The Morgan fingerprint density at radius 2 is 0.925 bits per heavy atom. The van der Waals surface area contributed by atoms with E-state index in [0.717, 1.165) is 6.42 Å². The van der Waals surface area contributed by atoms with Gasteiger partial charge in [0.15, 0.2) is 0 Å². The van der Waals surface area contributed by atoms with Crippen LogP contribution < -0.4 is 10.6 Å². The van der Waals surface area contributed by atoms with Gasteiger partial charge < -0.3 is 9.13 Å². The van der Waals surface area contributed by atoms with Gasteiger partial charge in [-0.3, -0.25) is 0 Å². The van der Waals surface area contributed by atoms with Crippen LogP contribution in [0.15, 0.2) is 200 Å². The van der Waals surface area contributed by atoms with Crippen LogP contribution in [-0.4, -0.2) is 9.13 Å². The Balaban J connectivity index is 0.770. The summed E-state index contributed by atoms with van der Waals surface area (Å²) in [5, 5.41) is 6.50. The molecule has 67 heavy (non-hydrogen) atoms. The number of aromatic nitrogens is 2. The van der Waals surface area contributed by atoms with Crippen LogP contribution in [0.25, 0.3) is 101 Å². The molecule has 0 fully saturated rings. The Bertz CT molecular complexity index is 3900. The van der Waals surface area contributed by atoms with Crippen LogP contribution in [0.4, 0.5) is 0 Å². The SMILES string of the molecule is Cc1cc(C)cc(-n2c3c(c4ccccc42)=CC(c2ccc(-c4ccc5c(c4)C(C)(C)c4cc(-c6ccc(-c7ccc8c(c7)c7ccccc7n8-c7ccccc7)cc6)ccc4-5)cc2)CC=3)c1. The lowest BCUT2D eigenvalue weighted by Crippen LogP contribution is -2.31. The average Bonchev–Trinajstić information content (AvgIpc) is 3.96. The second-order valence-corrected chi connectivity index (χ2v) is 19.5. The quantitative estimate of drug-likeness (QED) is 0.158. The number of fused-ring (bicyclic) bond motifs is 9. The van der Waals surface area contributed by atoms with Crippen molar-refractivity contribution in [2.45, 2.75) is 45.4 Å². The molecule has 320 valence electrons. The summed E-state index contributed by atoms with van der Waals surface area (Å²) in [6.45, 7) is 9.17. The van der Waals surface area contributed by atoms with Crippen LogP contribution in [0.1, 0.15) is 54.0 Å². The summed E-state index contributed by atoms with van der Waals surface area (Å²) in [5.74, 6) is 0.322. The van der Waals surface area contributed by atoms with Crippen LogP contribution in [0.5, 0.6) is 0 Å². The third kappa shape index (κ3) is 6.31. The highest BCUT2D eigenvalue weighted by Gasteiger charge is 2.36. The smallest absolute Gasteiger partial charge is 0.0541 e. The molecule has 9 aromatic carbocycles. The second kappa shape index (κ2) is 15.1. The molecule has 0 saturated carbocycles. The predicted molar refractivity (Wildman–Crippen MR) is 283 cm³/mol. The van der Waals surface area contributed by atoms with E-state index in [1.165, 1.54) is 127 Å². The number of rotatable bonds is 6. The molecule has 1 atom stereocenters. The molecule has 1 unspecified atom stereocenters. The summed E-state index contributed by atoms with van der Waals surface area (Å²) in [7, 11) is 0. The van der Waals surface area contributed by atoms with E-state index >= 15 is 0 Å².